The lowest BCUT2D eigenvalue weighted by molar-refractivity contribution is 0.0497. The van der Waals surface area contributed by atoms with E-state index >= 15 is 0 Å². The number of rotatable bonds is 7. The van der Waals surface area contributed by atoms with Crippen molar-refractivity contribution in [1.29, 1.82) is 0 Å². The zero-order valence-electron chi connectivity index (χ0n) is 21.3. The quantitative estimate of drug-likeness (QED) is 0.278. The van der Waals surface area contributed by atoms with Gasteiger partial charge in [-0.3, -0.25) is 4.79 Å². The van der Waals surface area contributed by atoms with Gasteiger partial charge in [0.15, 0.2) is 12.6 Å². The number of Topliss-reactive ketones (excluding diaryl/α,β-unsaturated/α-hetero) is 1. The van der Waals surface area contributed by atoms with Gasteiger partial charge in [0.25, 0.3) is 0 Å². The molecular weight excluding hydrogens is 485 g/mol. The molecule has 0 saturated carbocycles. The second-order valence-corrected chi connectivity index (χ2v) is 10.3. The number of halogens is 1. The second kappa shape index (κ2) is 10.2. The topological polar surface area (TPSA) is 65.1 Å². The van der Waals surface area contributed by atoms with Crippen LogP contribution in [-0.4, -0.2) is 49.4 Å². The van der Waals surface area contributed by atoms with Crippen molar-refractivity contribution in [3.05, 3.63) is 89.2 Å². The molecule has 6 rings (SSSR count). The molecule has 2 saturated heterocycles. The van der Waals surface area contributed by atoms with Gasteiger partial charge in [-0.25, -0.2) is 9.18 Å². The number of hydrogen-bond donors (Lipinski definition) is 0. The normalized spacial score (nSPS) is 21.6. The fraction of sp³-hybridized carbons (Fsp3) is 0.355. The van der Waals surface area contributed by atoms with Crippen LogP contribution in [0.1, 0.15) is 53.1 Å². The molecule has 3 aliphatic rings. The molecule has 3 aromatic carbocycles. The summed E-state index contributed by atoms with van der Waals surface area (Å²) in [5.74, 6) is -0.835. The van der Waals surface area contributed by atoms with E-state index in [4.69, 9.17) is 14.2 Å². The predicted octanol–water partition coefficient (Wildman–Crippen LogP) is 6.18. The average molecular weight is 516 g/mol. The number of piperidine rings is 1. The van der Waals surface area contributed by atoms with Gasteiger partial charge in [-0.05, 0) is 60.1 Å². The standard InChI is InChI=1S/C31H30FNO5/c1-36-18-38-22-12-13-27(29(32)16-22)30(34)19-14-20-10-11-21(15-19)33(20)31(35)37-17-28-25-8-4-2-6-23(25)24-7-3-5-9-26(24)28/h2-9,12-13,16,19-21,28H,10-11,14-15,17-18H2,1H3. The van der Waals surface area contributed by atoms with Gasteiger partial charge in [-0.15, -0.1) is 0 Å². The van der Waals surface area contributed by atoms with Gasteiger partial charge in [-0.1, -0.05) is 48.5 Å². The zero-order chi connectivity index (χ0) is 26.2. The molecule has 7 heteroatoms. The number of benzene rings is 3. The Hall–Kier alpha value is -3.71. The van der Waals surface area contributed by atoms with Gasteiger partial charge >= 0.3 is 6.09 Å². The lowest BCUT2D eigenvalue weighted by atomic mass is 9.84. The van der Waals surface area contributed by atoms with Crippen LogP contribution in [0, 0.1) is 11.7 Å². The number of carbonyl (C=O) groups excluding carboxylic acids is 2. The smallest absolute Gasteiger partial charge is 0.410 e. The summed E-state index contributed by atoms with van der Waals surface area (Å²) in [6, 6.07) is 20.6. The molecule has 0 N–H and O–H groups in total. The van der Waals surface area contributed by atoms with Gasteiger partial charge in [0.05, 0.1) is 5.56 Å². The number of ether oxygens (including phenoxy) is 3. The van der Waals surface area contributed by atoms with E-state index in [0.717, 1.165) is 12.8 Å². The van der Waals surface area contributed by atoms with Gasteiger partial charge in [0, 0.05) is 37.1 Å². The summed E-state index contributed by atoms with van der Waals surface area (Å²) in [7, 11) is 1.48. The third-order valence-electron chi connectivity index (χ3n) is 8.20. The molecule has 196 valence electrons. The minimum absolute atomic E-state index is 0.00179. The molecular formula is C31H30FNO5. The zero-order valence-corrected chi connectivity index (χ0v) is 21.3. The van der Waals surface area contributed by atoms with E-state index in [1.165, 1.54) is 41.5 Å². The SMILES string of the molecule is COCOc1ccc(C(=O)C2CC3CCC(C2)N3C(=O)OCC2c3ccccc3-c3ccccc32)c(F)c1. The van der Waals surface area contributed by atoms with Crippen molar-refractivity contribution in [2.45, 2.75) is 43.7 Å². The summed E-state index contributed by atoms with van der Waals surface area (Å²) in [5, 5.41) is 0. The highest BCUT2D eigenvalue weighted by molar-refractivity contribution is 5.98. The number of nitrogens with zero attached hydrogens (tertiary/aromatic N) is 1. The van der Waals surface area contributed by atoms with Crippen LogP contribution in [0.25, 0.3) is 11.1 Å². The Bertz CT molecular complexity index is 1310. The summed E-state index contributed by atoms with van der Waals surface area (Å²) >= 11 is 0. The number of ketones is 1. The van der Waals surface area contributed by atoms with Crippen LogP contribution >= 0.6 is 0 Å². The van der Waals surface area contributed by atoms with Crippen LogP contribution in [0.5, 0.6) is 5.75 Å². The molecule has 38 heavy (non-hydrogen) atoms. The van der Waals surface area contributed by atoms with Crippen molar-refractivity contribution < 1.29 is 28.2 Å². The Morgan fingerprint density at radius 2 is 1.55 bits per heavy atom. The summed E-state index contributed by atoms with van der Waals surface area (Å²) in [4.78, 5) is 28.4. The molecule has 0 spiro atoms. The molecule has 1 amide bonds. The third kappa shape index (κ3) is 4.35. The molecule has 2 fully saturated rings. The molecule has 2 heterocycles. The van der Waals surface area contributed by atoms with Crippen molar-refractivity contribution >= 4 is 11.9 Å². The van der Waals surface area contributed by atoms with Crippen LogP contribution in [0.15, 0.2) is 66.7 Å². The summed E-state index contributed by atoms with van der Waals surface area (Å²) in [6.45, 7) is 0.276. The van der Waals surface area contributed by atoms with E-state index in [9.17, 15) is 14.0 Å². The lowest BCUT2D eigenvalue weighted by Crippen LogP contribution is -2.48. The van der Waals surface area contributed by atoms with Crippen LogP contribution in [0.2, 0.25) is 0 Å². The summed E-state index contributed by atoms with van der Waals surface area (Å²) in [6.07, 6.45) is 2.36. The van der Waals surface area contributed by atoms with Gasteiger partial charge in [-0.2, -0.15) is 0 Å². The van der Waals surface area contributed by atoms with E-state index in [1.54, 1.807) is 6.07 Å². The minimum atomic E-state index is -0.602. The van der Waals surface area contributed by atoms with E-state index in [0.29, 0.717) is 18.6 Å². The van der Waals surface area contributed by atoms with Crippen LogP contribution in [0.3, 0.4) is 0 Å². The van der Waals surface area contributed by atoms with Crippen molar-refractivity contribution in [2.24, 2.45) is 5.92 Å². The molecule has 2 unspecified atom stereocenters. The highest BCUT2D eigenvalue weighted by atomic mass is 19.1. The third-order valence-corrected chi connectivity index (χ3v) is 8.20. The first-order valence-electron chi connectivity index (χ1n) is 13.1. The maximum Gasteiger partial charge on any atom is 0.410 e. The van der Waals surface area contributed by atoms with Crippen molar-refractivity contribution in [1.82, 2.24) is 4.90 Å². The van der Waals surface area contributed by atoms with Crippen molar-refractivity contribution in [3.63, 3.8) is 0 Å². The number of hydrogen-bond acceptors (Lipinski definition) is 5. The Labute approximate surface area is 221 Å². The fourth-order valence-electron chi connectivity index (χ4n) is 6.49. The first-order valence-corrected chi connectivity index (χ1v) is 13.1. The Kier molecular flexibility index (Phi) is 6.62. The van der Waals surface area contributed by atoms with Crippen molar-refractivity contribution in [3.8, 4) is 16.9 Å². The summed E-state index contributed by atoms with van der Waals surface area (Å²) < 4.78 is 30.8. The van der Waals surface area contributed by atoms with Gasteiger partial charge < -0.3 is 19.1 Å². The number of methoxy groups -OCH3 is 1. The molecule has 2 bridgehead atoms. The highest BCUT2D eigenvalue weighted by Crippen LogP contribution is 2.45. The van der Waals surface area contributed by atoms with Crippen LogP contribution < -0.4 is 4.74 Å². The Morgan fingerprint density at radius 3 is 2.16 bits per heavy atom. The number of amides is 1. The van der Waals surface area contributed by atoms with Crippen LogP contribution in [0.4, 0.5) is 9.18 Å². The number of fused-ring (bicyclic) bond motifs is 5. The van der Waals surface area contributed by atoms with Crippen LogP contribution in [-0.2, 0) is 9.47 Å². The lowest BCUT2D eigenvalue weighted by Gasteiger charge is -2.37. The van der Waals surface area contributed by atoms with Crippen molar-refractivity contribution in [2.75, 3.05) is 20.5 Å². The second-order valence-electron chi connectivity index (χ2n) is 10.3. The van der Waals surface area contributed by atoms with E-state index in [1.807, 2.05) is 29.2 Å². The Morgan fingerprint density at radius 1 is 0.921 bits per heavy atom. The molecule has 0 aromatic heterocycles. The molecule has 1 aliphatic carbocycles. The first kappa shape index (κ1) is 24.6. The monoisotopic (exact) mass is 515 g/mol. The largest absolute Gasteiger partial charge is 0.467 e. The van der Waals surface area contributed by atoms with E-state index < -0.39 is 5.82 Å². The van der Waals surface area contributed by atoms with Gasteiger partial charge in [0.1, 0.15) is 18.2 Å². The molecule has 6 nitrogen and oxygen atoms in total. The fourth-order valence-corrected chi connectivity index (χ4v) is 6.49. The van der Waals surface area contributed by atoms with Gasteiger partial charge in [0.2, 0.25) is 0 Å². The minimum Gasteiger partial charge on any atom is -0.467 e. The maximum absolute atomic E-state index is 14.7. The summed E-state index contributed by atoms with van der Waals surface area (Å²) in [5.41, 5.74) is 4.79. The molecule has 2 aliphatic heterocycles. The Balaban J connectivity index is 1.12. The molecule has 0 radical (unpaired) electrons. The van der Waals surface area contributed by atoms with E-state index in [-0.39, 0.29) is 54.8 Å². The predicted molar refractivity (Wildman–Crippen MR) is 140 cm³/mol. The maximum atomic E-state index is 14.7. The first-order chi connectivity index (χ1) is 18.5. The average Bonchev–Trinajstić information content (AvgIpc) is 3.40. The van der Waals surface area contributed by atoms with E-state index in [2.05, 4.69) is 24.3 Å². The highest BCUT2D eigenvalue weighted by Gasteiger charge is 2.46. The number of carbonyl (C=O) groups is 2. The molecule has 2 atom stereocenters. The molecule has 3 aromatic rings.